The van der Waals surface area contributed by atoms with Crippen LogP contribution in [-0.2, 0) is 4.79 Å². The van der Waals surface area contributed by atoms with Crippen LogP contribution in [0.1, 0.15) is 16.8 Å². The normalized spacial score (nSPS) is 18.0. The number of amides is 2. The van der Waals surface area contributed by atoms with Crippen molar-refractivity contribution in [3.8, 4) is 17.2 Å². The molecule has 2 aromatic rings. The van der Waals surface area contributed by atoms with Gasteiger partial charge in [0.05, 0.1) is 24.7 Å². The number of carbonyl (C=O) groups is 2. The number of alkyl halides is 2. The molecule has 1 aliphatic rings. The second-order valence-corrected chi connectivity index (χ2v) is 6.07. The maximum atomic E-state index is 13.5. The Morgan fingerprint density at radius 1 is 1.26 bits per heavy atom. The highest BCUT2D eigenvalue weighted by atomic mass is 19.3. The molecule has 0 saturated carbocycles. The molecular formula is C18H15F2N5O2. The van der Waals surface area contributed by atoms with Gasteiger partial charge >= 0.3 is 0 Å². The van der Waals surface area contributed by atoms with Crippen LogP contribution in [0, 0.1) is 11.3 Å². The van der Waals surface area contributed by atoms with Gasteiger partial charge in [0.2, 0.25) is 5.91 Å². The Morgan fingerprint density at radius 2 is 1.96 bits per heavy atom. The first-order chi connectivity index (χ1) is 12.9. The maximum Gasteiger partial charge on any atom is 0.268 e. The number of pyridine rings is 2. The monoisotopic (exact) mass is 371 g/mol. The van der Waals surface area contributed by atoms with Crippen LogP contribution in [0.5, 0.6) is 0 Å². The van der Waals surface area contributed by atoms with E-state index in [0.717, 1.165) is 10.5 Å². The number of carbonyl (C=O) groups excluding carboxylic acids is 2. The molecule has 1 aliphatic heterocycles. The molecule has 0 radical (unpaired) electrons. The molecule has 0 unspecified atom stereocenters. The molecule has 3 heterocycles. The molecule has 7 nitrogen and oxygen atoms in total. The average molecular weight is 371 g/mol. The highest BCUT2D eigenvalue weighted by Crippen LogP contribution is 2.31. The summed E-state index contributed by atoms with van der Waals surface area (Å²) in [4.78, 5) is 33.4. The quantitative estimate of drug-likeness (QED) is 0.881. The number of halogens is 2. The third-order valence-corrected chi connectivity index (χ3v) is 4.20. The van der Waals surface area contributed by atoms with Crippen LogP contribution < -0.4 is 5.32 Å². The zero-order valence-corrected chi connectivity index (χ0v) is 14.1. The van der Waals surface area contributed by atoms with E-state index < -0.39 is 43.3 Å². The number of nitrogens with one attached hydrogen (secondary N) is 1. The van der Waals surface area contributed by atoms with Crippen LogP contribution in [0.2, 0.25) is 0 Å². The second kappa shape index (κ2) is 7.45. The van der Waals surface area contributed by atoms with E-state index in [1.807, 2.05) is 0 Å². The summed E-state index contributed by atoms with van der Waals surface area (Å²) in [6, 6.07) is 5.42. The fourth-order valence-corrected chi connectivity index (χ4v) is 2.90. The third-order valence-electron chi connectivity index (χ3n) is 4.20. The molecule has 1 N–H and O–H groups in total. The molecule has 0 aromatic carbocycles. The predicted molar refractivity (Wildman–Crippen MR) is 90.5 cm³/mol. The molecule has 1 fully saturated rings. The van der Waals surface area contributed by atoms with Crippen LogP contribution >= 0.6 is 0 Å². The zero-order valence-electron chi connectivity index (χ0n) is 14.1. The van der Waals surface area contributed by atoms with E-state index >= 15 is 0 Å². The van der Waals surface area contributed by atoms with Crippen molar-refractivity contribution in [2.45, 2.75) is 18.4 Å². The molecule has 2 aromatic heterocycles. The Kier molecular flexibility index (Phi) is 5.07. The Morgan fingerprint density at radius 3 is 2.67 bits per heavy atom. The van der Waals surface area contributed by atoms with E-state index in [1.165, 1.54) is 18.5 Å². The fraction of sp³-hybridized carbons (Fsp3) is 0.278. The summed E-state index contributed by atoms with van der Waals surface area (Å²) in [5.41, 5.74) is 1.55. The third kappa shape index (κ3) is 4.06. The predicted octanol–water partition coefficient (Wildman–Crippen LogP) is 1.63. The van der Waals surface area contributed by atoms with Crippen molar-refractivity contribution < 1.29 is 18.4 Å². The van der Waals surface area contributed by atoms with Crippen LogP contribution in [0.25, 0.3) is 11.1 Å². The van der Waals surface area contributed by atoms with Crippen molar-refractivity contribution in [1.82, 2.24) is 20.2 Å². The van der Waals surface area contributed by atoms with Gasteiger partial charge in [-0.2, -0.15) is 5.26 Å². The lowest BCUT2D eigenvalue weighted by Crippen LogP contribution is -2.43. The molecule has 1 saturated heterocycles. The first kappa shape index (κ1) is 18.4. The van der Waals surface area contributed by atoms with E-state index in [4.69, 9.17) is 5.26 Å². The molecule has 0 bridgehead atoms. The van der Waals surface area contributed by atoms with Gasteiger partial charge in [-0.15, -0.1) is 0 Å². The van der Waals surface area contributed by atoms with Crippen molar-refractivity contribution >= 4 is 11.8 Å². The maximum absolute atomic E-state index is 13.5. The minimum Gasteiger partial charge on any atom is -0.343 e. The van der Waals surface area contributed by atoms with E-state index in [2.05, 4.69) is 15.3 Å². The SMILES string of the molecule is N#C[C@@H]1CC(F)(F)CN1C(=O)CNC(=O)c1ccncc1-c1ccncc1. The van der Waals surface area contributed by atoms with E-state index in [-0.39, 0.29) is 5.56 Å². The number of hydrogen-bond acceptors (Lipinski definition) is 5. The van der Waals surface area contributed by atoms with E-state index in [9.17, 15) is 18.4 Å². The Balaban J connectivity index is 1.71. The standard InChI is InChI=1S/C18H15F2N5O2/c19-18(20)7-13(8-21)25(11-18)16(26)10-24-17(27)14-3-6-23-9-15(14)12-1-4-22-5-2-12/h1-6,9,13H,7,10-11H2,(H,24,27)/t13-/m0/s1. The first-order valence-electron chi connectivity index (χ1n) is 8.11. The van der Waals surface area contributed by atoms with Crippen molar-refractivity contribution in [1.29, 1.82) is 5.26 Å². The fourth-order valence-electron chi connectivity index (χ4n) is 2.90. The van der Waals surface area contributed by atoms with E-state index in [0.29, 0.717) is 5.56 Å². The first-order valence-corrected chi connectivity index (χ1v) is 8.11. The lowest BCUT2D eigenvalue weighted by atomic mass is 10.0. The van der Waals surface area contributed by atoms with Gasteiger partial charge in [-0.25, -0.2) is 8.78 Å². The summed E-state index contributed by atoms with van der Waals surface area (Å²) in [5, 5.41) is 11.4. The number of hydrogen-bond donors (Lipinski definition) is 1. The summed E-state index contributed by atoms with van der Waals surface area (Å²) >= 11 is 0. The highest BCUT2D eigenvalue weighted by molar-refractivity contribution is 6.02. The number of rotatable bonds is 4. The molecule has 1 atom stereocenters. The van der Waals surface area contributed by atoms with Crippen molar-refractivity contribution in [3.63, 3.8) is 0 Å². The molecule has 0 aliphatic carbocycles. The topological polar surface area (TPSA) is 99.0 Å². The van der Waals surface area contributed by atoms with Crippen molar-refractivity contribution in [2.75, 3.05) is 13.1 Å². The lowest BCUT2D eigenvalue weighted by molar-refractivity contribution is -0.131. The van der Waals surface area contributed by atoms with Crippen molar-refractivity contribution in [2.24, 2.45) is 0 Å². The number of nitrogens with zero attached hydrogens (tertiary/aromatic N) is 4. The van der Waals surface area contributed by atoms with Crippen molar-refractivity contribution in [3.05, 3.63) is 48.5 Å². The second-order valence-electron chi connectivity index (χ2n) is 6.07. The van der Waals surface area contributed by atoms with Crippen LogP contribution in [0.4, 0.5) is 8.78 Å². The highest BCUT2D eigenvalue weighted by Gasteiger charge is 2.47. The summed E-state index contributed by atoms with van der Waals surface area (Å²) < 4.78 is 26.9. The number of likely N-dealkylation sites (tertiary alicyclic amines) is 1. The molecule has 27 heavy (non-hydrogen) atoms. The summed E-state index contributed by atoms with van der Waals surface area (Å²) in [6.07, 6.45) is 5.40. The summed E-state index contributed by atoms with van der Waals surface area (Å²) in [5.74, 6) is -4.37. The Labute approximate surface area is 153 Å². The summed E-state index contributed by atoms with van der Waals surface area (Å²) in [6.45, 7) is -1.30. The Bertz CT molecular complexity index is 898. The van der Waals surface area contributed by atoms with Gasteiger partial charge in [-0.05, 0) is 23.8 Å². The van der Waals surface area contributed by atoms with Gasteiger partial charge < -0.3 is 10.2 Å². The van der Waals surface area contributed by atoms with Gasteiger partial charge in [0.25, 0.3) is 11.8 Å². The molecule has 0 spiro atoms. The van der Waals surface area contributed by atoms with Gasteiger partial charge in [0.15, 0.2) is 0 Å². The van der Waals surface area contributed by atoms with Gasteiger partial charge in [-0.1, -0.05) is 0 Å². The average Bonchev–Trinajstić information content (AvgIpc) is 3.01. The summed E-state index contributed by atoms with van der Waals surface area (Å²) in [7, 11) is 0. The van der Waals surface area contributed by atoms with E-state index in [1.54, 1.807) is 30.6 Å². The Hall–Kier alpha value is -3.41. The molecule has 9 heteroatoms. The van der Waals surface area contributed by atoms with Gasteiger partial charge in [0.1, 0.15) is 6.04 Å². The largest absolute Gasteiger partial charge is 0.343 e. The van der Waals surface area contributed by atoms with Gasteiger partial charge in [-0.3, -0.25) is 19.6 Å². The lowest BCUT2D eigenvalue weighted by Gasteiger charge is -2.19. The molecule has 2 amide bonds. The molecular weight excluding hydrogens is 356 g/mol. The number of nitriles is 1. The zero-order chi connectivity index (χ0) is 19.4. The van der Waals surface area contributed by atoms with Crippen LogP contribution in [0.3, 0.4) is 0 Å². The number of aromatic nitrogens is 2. The minimum atomic E-state index is -3.10. The smallest absolute Gasteiger partial charge is 0.268 e. The van der Waals surface area contributed by atoms with Crippen LogP contribution in [-0.4, -0.2) is 51.7 Å². The van der Waals surface area contributed by atoms with Crippen LogP contribution in [0.15, 0.2) is 43.0 Å². The minimum absolute atomic E-state index is 0.285. The molecule has 138 valence electrons. The molecule has 3 rings (SSSR count). The van der Waals surface area contributed by atoms with Gasteiger partial charge in [0, 0.05) is 36.8 Å².